The number of esters is 2. The molecule has 0 heterocycles. The van der Waals surface area contributed by atoms with E-state index < -0.39 is 24.1 Å². The van der Waals surface area contributed by atoms with Gasteiger partial charge in [-0.05, 0) is 6.92 Å². The number of carbonyl (C=O) groups excluding carboxylic acids is 2. The summed E-state index contributed by atoms with van der Waals surface area (Å²) in [6.07, 6.45) is 1.04. The molecule has 0 rings (SSSR count). The van der Waals surface area contributed by atoms with Crippen molar-refractivity contribution in [2.24, 2.45) is 0 Å². The molecule has 0 saturated carbocycles. The van der Waals surface area contributed by atoms with Crippen LogP contribution in [0.2, 0.25) is 0 Å². The van der Waals surface area contributed by atoms with E-state index in [0.717, 1.165) is 0 Å². The van der Waals surface area contributed by atoms with Gasteiger partial charge in [0.2, 0.25) is 0 Å². The maximum absolute atomic E-state index is 11.3. The Labute approximate surface area is 87.7 Å². The van der Waals surface area contributed by atoms with Gasteiger partial charge in [0.1, 0.15) is 0 Å². The molecule has 5 nitrogen and oxygen atoms in total. The van der Waals surface area contributed by atoms with Crippen molar-refractivity contribution in [1.29, 1.82) is 0 Å². The molecule has 2 N–H and O–H groups in total. The van der Waals surface area contributed by atoms with E-state index in [1.807, 2.05) is 0 Å². The zero-order valence-electron chi connectivity index (χ0n) is 8.52. The number of aliphatic hydroxyl groups excluding tert-OH is 1. The maximum Gasteiger partial charge on any atom is 0.348 e. The van der Waals surface area contributed by atoms with Gasteiger partial charge in [-0.2, -0.15) is 0 Å². The minimum atomic E-state index is -2.12. The lowest BCUT2D eigenvalue weighted by atomic mass is 10.0. The van der Waals surface area contributed by atoms with Crippen LogP contribution in [-0.4, -0.2) is 34.4 Å². The summed E-state index contributed by atoms with van der Waals surface area (Å²) in [4.78, 5) is 22.2. The molecule has 0 aromatic rings. The van der Waals surface area contributed by atoms with E-state index in [1.54, 1.807) is 0 Å². The Balaban J connectivity index is 4.60. The molecule has 0 spiro atoms. The predicted octanol–water partition coefficient (Wildman–Crippen LogP) is -0.0682. The van der Waals surface area contributed by atoms with E-state index in [4.69, 9.17) is 5.11 Å². The largest absolute Gasteiger partial charge is 0.393 e. The summed E-state index contributed by atoms with van der Waals surface area (Å²) in [5.74, 6) is -2.14. The molecule has 0 amide bonds. The van der Waals surface area contributed by atoms with Crippen molar-refractivity contribution in [3.05, 3.63) is 24.8 Å². The molecular weight excluding hydrogens is 200 g/mol. The lowest BCUT2D eigenvalue weighted by Gasteiger charge is -2.21. The molecule has 0 aromatic heterocycles. The molecule has 84 valence electrons. The van der Waals surface area contributed by atoms with Gasteiger partial charge >= 0.3 is 11.9 Å². The van der Waals surface area contributed by atoms with Crippen molar-refractivity contribution >= 4 is 11.9 Å². The summed E-state index contributed by atoms with van der Waals surface area (Å²) >= 11 is 0. The van der Waals surface area contributed by atoms with Crippen LogP contribution >= 0.6 is 0 Å². The first-order chi connectivity index (χ1) is 6.87. The molecular formula is C10H14O5. The van der Waals surface area contributed by atoms with Crippen LogP contribution in [0.15, 0.2) is 24.8 Å². The maximum atomic E-state index is 11.3. The van der Waals surface area contributed by atoms with Crippen LogP contribution in [-0.2, 0) is 14.3 Å². The third kappa shape index (κ3) is 3.65. The van der Waals surface area contributed by atoms with Gasteiger partial charge in [0.05, 0.1) is 6.61 Å². The monoisotopic (exact) mass is 214 g/mol. The van der Waals surface area contributed by atoms with Gasteiger partial charge in [0.25, 0.3) is 0 Å². The van der Waals surface area contributed by atoms with Crippen molar-refractivity contribution in [3.8, 4) is 0 Å². The van der Waals surface area contributed by atoms with Crippen molar-refractivity contribution in [2.75, 3.05) is 6.61 Å². The topological polar surface area (TPSA) is 83.8 Å². The normalized spacial score (nSPS) is 13.8. The highest BCUT2D eigenvalue weighted by molar-refractivity contribution is 5.97. The van der Waals surface area contributed by atoms with Gasteiger partial charge in [-0.1, -0.05) is 12.7 Å². The summed E-state index contributed by atoms with van der Waals surface area (Å²) < 4.78 is 4.29. The van der Waals surface area contributed by atoms with Crippen LogP contribution in [0.1, 0.15) is 13.3 Å². The highest BCUT2D eigenvalue weighted by Gasteiger charge is 2.37. The second-order valence-electron chi connectivity index (χ2n) is 3.14. The molecule has 0 aliphatic rings. The Morgan fingerprint density at radius 1 is 1.53 bits per heavy atom. The van der Waals surface area contributed by atoms with Crippen molar-refractivity contribution < 1.29 is 24.5 Å². The Morgan fingerprint density at radius 3 is 2.40 bits per heavy atom. The summed E-state index contributed by atoms with van der Waals surface area (Å²) in [7, 11) is 0. The van der Waals surface area contributed by atoms with Crippen LogP contribution in [0.25, 0.3) is 0 Å². The fraction of sp³-hybridized carbons (Fsp3) is 0.400. The summed E-state index contributed by atoms with van der Waals surface area (Å²) in [5, 5.41) is 18.3. The fourth-order valence-electron chi connectivity index (χ4n) is 0.718. The van der Waals surface area contributed by atoms with Gasteiger partial charge in [0.15, 0.2) is 5.60 Å². The second-order valence-corrected chi connectivity index (χ2v) is 3.14. The third-order valence-corrected chi connectivity index (χ3v) is 1.66. The van der Waals surface area contributed by atoms with Crippen LogP contribution in [0, 0.1) is 0 Å². The second kappa shape index (κ2) is 5.43. The molecule has 0 bridgehead atoms. The molecule has 1 atom stereocenters. The number of carbonyl (C=O) groups is 2. The molecule has 0 radical (unpaired) electrons. The fourth-order valence-corrected chi connectivity index (χ4v) is 0.718. The molecule has 0 aliphatic heterocycles. The minimum absolute atomic E-state index is 0.0299. The Morgan fingerprint density at radius 2 is 2.07 bits per heavy atom. The van der Waals surface area contributed by atoms with E-state index >= 15 is 0 Å². The number of aliphatic hydroxyl groups is 2. The van der Waals surface area contributed by atoms with E-state index in [2.05, 4.69) is 17.9 Å². The van der Waals surface area contributed by atoms with Gasteiger partial charge in [0, 0.05) is 12.0 Å². The smallest absolute Gasteiger partial charge is 0.348 e. The lowest BCUT2D eigenvalue weighted by Crippen LogP contribution is -2.44. The van der Waals surface area contributed by atoms with Gasteiger partial charge in [-0.25, -0.2) is 9.59 Å². The van der Waals surface area contributed by atoms with E-state index in [-0.39, 0.29) is 12.0 Å². The quantitative estimate of drug-likeness (QED) is 0.290. The highest BCUT2D eigenvalue weighted by Crippen LogP contribution is 2.13. The average molecular weight is 214 g/mol. The van der Waals surface area contributed by atoms with Crippen LogP contribution in [0.3, 0.4) is 0 Å². The molecule has 15 heavy (non-hydrogen) atoms. The average Bonchev–Trinajstić information content (AvgIpc) is 2.17. The number of rotatable bonds is 5. The first-order valence-corrected chi connectivity index (χ1v) is 4.23. The Kier molecular flexibility index (Phi) is 4.90. The number of ether oxygens (including phenoxy) is 1. The zero-order valence-corrected chi connectivity index (χ0v) is 8.52. The van der Waals surface area contributed by atoms with Crippen LogP contribution < -0.4 is 0 Å². The van der Waals surface area contributed by atoms with Crippen LogP contribution in [0.4, 0.5) is 0 Å². The summed E-state index contributed by atoms with van der Waals surface area (Å²) in [6, 6.07) is 0. The van der Waals surface area contributed by atoms with Crippen molar-refractivity contribution in [1.82, 2.24) is 0 Å². The number of hydrogen-bond donors (Lipinski definition) is 2. The number of hydrogen-bond acceptors (Lipinski definition) is 5. The molecule has 0 aliphatic carbocycles. The van der Waals surface area contributed by atoms with E-state index in [0.29, 0.717) is 0 Å². The van der Waals surface area contributed by atoms with Crippen molar-refractivity contribution in [2.45, 2.75) is 18.9 Å². The van der Waals surface area contributed by atoms with Gasteiger partial charge in [-0.15, -0.1) is 6.58 Å². The molecule has 0 aromatic carbocycles. The van der Waals surface area contributed by atoms with E-state index in [1.165, 1.54) is 13.0 Å². The highest BCUT2D eigenvalue weighted by atomic mass is 16.6. The van der Waals surface area contributed by atoms with Gasteiger partial charge < -0.3 is 14.9 Å². The lowest BCUT2D eigenvalue weighted by molar-refractivity contribution is -0.175. The van der Waals surface area contributed by atoms with Crippen LogP contribution in [0.5, 0.6) is 0 Å². The SMILES string of the molecule is C=CCC(O)(CO)C(=O)OC(=O)C(=C)C. The Hall–Kier alpha value is -1.46. The first kappa shape index (κ1) is 13.5. The molecule has 0 saturated heterocycles. The van der Waals surface area contributed by atoms with Gasteiger partial charge in [-0.3, -0.25) is 0 Å². The minimum Gasteiger partial charge on any atom is -0.393 e. The third-order valence-electron chi connectivity index (χ3n) is 1.66. The predicted molar refractivity (Wildman–Crippen MR) is 52.8 cm³/mol. The summed E-state index contributed by atoms with van der Waals surface area (Å²) in [6.45, 7) is 7.10. The molecule has 0 fully saturated rings. The molecule has 1 unspecified atom stereocenters. The molecule has 5 heteroatoms. The standard InChI is InChI=1S/C10H14O5/c1-4-5-10(14,6-11)9(13)15-8(12)7(2)3/h4,11,14H,1-2,5-6H2,3H3. The van der Waals surface area contributed by atoms with E-state index in [9.17, 15) is 14.7 Å². The summed E-state index contributed by atoms with van der Waals surface area (Å²) in [5.41, 5.74) is -2.09. The zero-order chi connectivity index (χ0) is 12.1. The Bertz CT molecular complexity index is 294. The van der Waals surface area contributed by atoms with Crippen molar-refractivity contribution in [3.63, 3.8) is 0 Å². The first-order valence-electron chi connectivity index (χ1n) is 4.23.